The van der Waals surface area contributed by atoms with Crippen LogP contribution >= 0.6 is 15.9 Å². The van der Waals surface area contributed by atoms with Crippen molar-refractivity contribution in [1.29, 1.82) is 0 Å². The smallest absolute Gasteiger partial charge is 0.165 e. The molecular weight excluding hydrogens is 358 g/mol. The number of halogens is 1. The maximum atomic E-state index is 6.05. The number of rotatable bonds is 4. The van der Waals surface area contributed by atoms with Crippen LogP contribution in [-0.2, 0) is 6.42 Å². The predicted octanol–water partition coefficient (Wildman–Crippen LogP) is 2.07. The Kier molecular flexibility index (Phi) is 4.18. The normalized spacial score (nSPS) is 10.7. The highest BCUT2D eigenvalue weighted by atomic mass is 79.9. The molecule has 2 aromatic heterocycles. The summed E-state index contributed by atoms with van der Waals surface area (Å²) in [7, 11) is 0. The van der Waals surface area contributed by atoms with E-state index in [4.69, 9.17) is 17.3 Å². The lowest BCUT2D eigenvalue weighted by molar-refractivity contribution is 0.879. The van der Waals surface area contributed by atoms with Gasteiger partial charge in [-0.2, -0.15) is 5.10 Å². The molecule has 0 atom stereocenters. The van der Waals surface area contributed by atoms with Gasteiger partial charge in [0.05, 0.1) is 17.6 Å². The highest BCUT2D eigenvalue weighted by molar-refractivity contribution is 9.10. The molecule has 23 heavy (non-hydrogen) atoms. The molecule has 0 radical (unpaired) electrons. The average molecular weight is 374 g/mol. The third kappa shape index (κ3) is 3.27. The van der Waals surface area contributed by atoms with Crippen molar-refractivity contribution in [3.8, 4) is 5.69 Å². The van der Waals surface area contributed by atoms with Crippen LogP contribution < -0.4 is 22.7 Å². The van der Waals surface area contributed by atoms with Crippen molar-refractivity contribution < 1.29 is 0 Å². The highest BCUT2D eigenvalue weighted by Crippen LogP contribution is 2.25. The van der Waals surface area contributed by atoms with Crippen molar-refractivity contribution in [2.75, 3.05) is 16.9 Å². The van der Waals surface area contributed by atoms with E-state index in [-0.39, 0.29) is 0 Å². The van der Waals surface area contributed by atoms with E-state index in [2.05, 4.69) is 31.4 Å². The van der Waals surface area contributed by atoms with E-state index < -0.39 is 0 Å². The number of benzene rings is 1. The van der Waals surface area contributed by atoms with Gasteiger partial charge in [-0.05, 0) is 41.5 Å². The fraction of sp³-hybridized carbons (Fsp3) is 0.0667. The van der Waals surface area contributed by atoms with Gasteiger partial charge in [0.25, 0.3) is 0 Å². The molecular formula is C15H16BrN7. The third-order valence-electron chi connectivity index (χ3n) is 3.42. The number of hydrogen-bond acceptors (Lipinski definition) is 6. The lowest BCUT2D eigenvalue weighted by atomic mass is 10.1. The second-order valence-electron chi connectivity index (χ2n) is 5.06. The molecule has 0 unspecified atom stereocenters. The predicted molar refractivity (Wildman–Crippen MR) is 94.9 cm³/mol. The summed E-state index contributed by atoms with van der Waals surface area (Å²) in [6.45, 7) is 0. The van der Waals surface area contributed by atoms with Crippen LogP contribution in [0.4, 0.5) is 17.3 Å². The maximum absolute atomic E-state index is 6.05. The first-order valence-corrected chi connectivity index (χ1v) is 7.67. The van der Waals surface area contributed by atoms with Crippen LogP contribution in [0, 0.1) is 0 Å². The van der Waals surface area contributed by atoms with Gasteiger partial charge in [0.2, 0.25) is 0 Å². The van der Waals surface area contributed by atoms with Crippen LogP contribution in [0.1, 0.15) is 11.1 Å². The van der Waals surface area contributed by atoms with Crippen LogP contribution in [-0.4, -0.2) is 14.8 Å². The summed E-state index contributed by atoms with van der Waals surface area (Å²) in [6, 6.07) is 9.65. The lowest BCUT2D eigenvalue weighted by Gasteiger charge is -2.10. The number of aromatic nitrogens is 3. The first-order valence-electron chi connectivity index (χ1n) is 6.88. The van der Waals surface area contributed by atoms with Crippen LogP contribution in [0.2, 0.25) is 0 Å². The van der Waals surface area contributed by atoms with Gasteiger partial charge in [-0.25, -0.2) is 15.5 Å². The van der Waals surface area contributed by atoms with Gasteiger partial charge in [-0.15, -0.1) is 0 Å². The fourth-order valence-corrected chi connectivity index (χ4v) is 2.56. The Labute approximate surface area is 141 Å². The summed E-state index contributed by atoms with van der Waals surface area (Å²) < 4.78 is 2.83. The van der Waals surface area contributed by atoms with Gasteiger partial charge in [0, 0.05) is 17.1 Å². The molecule has 7 nitrogen and oxygen atoms in total. The number of hydrogen-bond donors (Lipinski definition) is 4. The molecule has 0 aliphatic carbocycles. The monoisotopic (exact) mass is 373 g/mol. The van der Waals surface area contributed by atoms with Crippen molar-refractivity contribution in [2.45, 2.75) is 6.42 Å². The number of nitrogens with one attached hydrogen (secondary N) is 1. The van der Waals surface area contributed by atoms with E-state index in [0.717, 1.165) is 21.3 Å². The fourth-order valence-electron chi connectivity index (χ4n) is 2.29. The van der Waals surface area contributed by atoms with E-state index in [9.17, 15) is 0 Å². The van der Waals surface area contributed by atoms with Gasteiger partial charge >= 0.3 is 0 Å². The minimum Gasteiger partial charge on any atom is -0.395 e. The topological polar surface area (TPSA) is 121 Å². The van der Waals surface area contributed by atoms with E-state index in [1.807, 2.05) is 35.1 Å². The quantitative estimate of drug-likeness (QED) is 0.410. The van der Waals surface area contributed by atoms with Crippen molar-refractivity contribution in [3.63, 3.8) is 0 Å². The Morgan fingerprint density at radius 2 is 1.91 bits per heavy atom. The molecule has 0 spiro atoms. The van der Waals surface area contributed by atoms with Gasteiger partial charge in [0.1, 0.15) is 5.82 Å². The van der Waals surface area contributed by atoms with Crippen LogP contribution in [0.3, 0.4) is 0 Å². The van der Waals surface area contributed by atoms with Gasteiger partial charge in [0.15, 0.2) is 5.82 Å². The molecule has 0 fully saturated rings. The summed E-state index contributed by atoms with van der Waals surface area (Å²) in [6.07, 6.45) is 4.34. The molecule has 1 aromatic carbocycles. The molecule has 0 amide bonds. The van der Waals surface area contributed by atoms with Gasteiger partial charge in [-0.1, -0.05) is 15.9 Å². The zero-order valence-corrected chi connectivity index (χ0v) is 13.8. The molecule has 0 saturated carbocycles. The van der Waals surface area contributed by atoms with Crippen LogP contribution in [0.15, 0.2) is 47.2 Å². The van der Waals surface area contributed by atoms with Crippen molar-refractivity contribution >= 4 is 33.3 Å². The summed E-state index contributed by atoms with van der Waals surface area (Å²) in [5, 5.41) is 4.38. The van der Waals surface area contributed by atoms with E-state index in [0.29, 0.717) is 23.7 Å². The number of nitrogen functional groups attached to an aromatic ring is 3. The molecule has 8 heteroatoms. The molecule has 3 rings (SSSR count). The number of anilines is 3. The molecule has 7 N–H and O–H groups in total. The Bertz CT molecular complexity index is 826. The molecule has 118 valence electrons. The SMILES string of the molecule is NNc1nc(N)cc(Cc2cnn(-c3ccc(Br)cc3)c2)c1N. The Morgan fingerprint density at radius 1 is 1.17 bits per heavy atom. The molecule has 2 heterocycles. The minimum atomic E-state index is 0.363. The van der Waals surface area contributed by atoms with Crippen molar-refractivity contribution in [1.82, 2.24) is 14.8 Å². The molecule has 0 bridgehead atoms. The molecule has 3 aromatic rings. The van der Waals surface area contributed by atoms with Crippen molar-refractivity contribution in [2.24, 2.45) is 5.84 Å². The zero-order valence-electron chi connectivity index (χ0n) is 12.2. The first kappa shape index (κ1) is 15.3. The van der Waals surface area contributed by atoms with Crippen molar-refractivity contribution in [3.05, 3.63) is 58.3 Å². The summed E-state index contributed by atoms with van der Waals surface area (Å²) >= 11 is 3.42. The van der Waals surface area contributed by atoms with E-state index in [1.165, 1.54) is 0 Å². The van der Waals surface area contributed by atoms with Crippen LogP contribution in [0.5, 0.6) is 0 Å². The molecule has 0 saturated heterocycles. The van der Waals surface area contributed by atoms with E-state index in [1.54, 1.807) is 12.3 Å². The second kappa shape index (κ2) is 6.27. The third-order valence-corrected chi connectivity index (χ3v) is 3.95. The van der Waals surface area contributed by atoms with Gasteiger partial charge in [-0.3, -0.25) is 0 Å². The molecule has 0 aliphatic rings. The average Bonchev–Trinajstić information content (AvgIpc) is 2.99. The second-order valence-corrected chi connectivity index (χ2v) is 5.97. The number of pyridine rings is 1. The minimum absolute atomic E-state index is 0.363. The number of nitrogens with zero attached hydrogens (tertiary/aromatic N) is 3. The summed E-state index contributed by atoms with van der Waals surface area (Å²) in [5.41, 5.74) is 17.6. The maximum Gasteiger partial charge on any atom is 0.165 e. The summed E-state index contributed by atoms with van der Waals surface area (Å²) in [4.78, 5) is 4.05. The van der Waals surface area contributed by atoms with Gasteiger partial charge < -0.3 is 16.9 Å². The largest absolute Gasteiger partial charge is 0.395 e. The highest BCUT2D eigenvalue weighted by Gasteiger charge is 2.10. The summed E-state index contributed by atoms with van der Waals surface area (Å²) in [5.74, 6) is 6.14. The zero-order chi connectivity index (χ0) is 16.4. The number of hydrazine groups is 1. The molecule has 0 aliphatic heterocycles. The van der Waals surface area contributed by atoms with Crippen LogP contribution in [0.25, 0.3) is 5.69 Å². The first-order chi connectivity index (χ1) is 11.1. The Hall–Kier alpha value is -2.58. The Balaban J connectivity index is 1.87. The standard InChI is InChI=1S/C15H16BrN7/c16-11-1-3-12(4-2-11)23-8-9(7-20-23)5-10-6-13(17)21-15(22-19)14(10)18/h1-4,6-8H,5,18-19H2,(H3,17,21,22). The lowest BCUT2D eigenvalue weighted by Crippen LogP contribution is -2.13. The number of nitrogens with two attached hydrogens (primary N) is 3. The van der Waals surface area contributed by atoms with E-state index >= 15 is 0 Å². The Morgan fingerprint density at radius 3 is 2.61 bits per heavy atom.